The van der Waals surface area contributed by atoms with Crippen molar-refractivity contribution >= 4 is 11.0 Å². The van der Waals surface area contributed by atoms with E-state index in [4.69, 9.17) is 4.98 Å². The summed E-state index contributed by atoms with van der Waals surface area (Å²) in [5.41, 5.74) is 3.83. The molecule has 0 saturated heterocycles. The van der Waals surface area contributed by atoms with Crippen LogP contribution in [0.1, 0.15) is 55.8 Å². The van der Waals surface area contributed by atoms with Gasteiger partial charge in [0.1, 0.15) is 5.82 Å². The number of nitrogens with one attached hydrogen (secondary N) is 1. The molecule has 0 bridgehead atoms. The first-order valence-electron chi connectivity index (χ1n) is 8.00. The second kappa shape index (κ2) is 4.88. The smallest absolute Gasteiger partial charge is 0.112 e. The van der Waals surface area contributed by atoms with Crippen LogP contribution >= 0.6 is 0 Å². The fourth-order valence-corrected chi connectivity index (χ4v) is 3.46. The van der Waals surface area contributed by atoms with Crippen molar-refractivity contribution in [2.24, 2.45) is 7.05 Å². The Morgan fingerprint density at radius 3 is 2.75 bits per heavy atom. The molecule has 0 aliphatic heterocycles. The molecule has 2 saturated carbocycles. The van der Waals surface area contributed by atoms with Crippen LogP contribution in [0.5, 0.6) is 0 Å². The number of imidazole rings is 1. The predicted molar refractivity (Wildman–Crippen MR) is 81.8 cm³/mol. The number of rotatable bonds is 4. The summed E-state index contributed by atoms with van der Waals surface area (Å²) in [6.45, 7) is 0.991. The number of aromatic nitrogens is 2. The van der Waals surface area contributed by atoms with Gasteiger partial charge >= 0.3 is 0 Å². The summed E-state index contributed by atoms with van der Waals surface area (Å²) in [5, 5.41) is 3.59. The molecule has 3 nitrogen and oxygen atoms in total. The van der Waals surface area contributed by atoms with Gasteiger partial charge in [-0.25, -0.2) is 4.98 Å². The largest absolute Gasteiger partial charge is 0.331 e. The van der Waals surface area contributed by atoms with Crippen LogP contribution in [0, 0.1) is 0 Å². The first-order chi connectivity index (χ1) is 9.81. The molecule has 0 unspecified atom stereocenters. The third-order valence-electron chi connectivity index (χ3n) is 4.87. The van der Waals surface area contributed by atoms with Gasteiger partial charge in [-0.05, 0) is 43.4 Å². The molecule has 20 heavy (non-hydrogen) atoms. The Labute approximate surface area is 120 Å². The molecule has 106 valence electrons. The monoisotopic (exact) mass is 269 g/mol. The van der Waals surface area contributed by atoms with Gasteiger partial charge in [0.25, 0.3) is 0 Å². The van der Waals surface area contributed by atoms with Crippen LogP contribution in [0.15, 0.2) is 18.2 Å². The zero-order chi connectivity index (χ0) is 13.5. The van der Waals surface area contributed by atoms with Gasteiger partial charge in [-0.15, -0.1) is 0 Å². The topological polar surface area (TPSA) is 29.9 Å². The summed E-state index contributed by atoms with van der Waals surface area (Å²) in [4.78, 5) is 4.89. The van der Waals surface area contributed by atoms with E-state index in [0.717, 1.165) is 18.1 Å². The van der Waals surface area contributed by atoms with Gasteiger partial charge in [-0.1, -0.05) is 18.9 Å². The minimum absolute atomic E-state index is 0.681. The molecule has 1 N–H and O–H groups in total. The molecule has 1 aromatic heterocycles. The Morgan fingerprint density at radius 2 is 2.00 bits per heavy atom. The zero-order valence-electron chi connectivity index (χ0n) is 12.2. The van der Waals surface area contributed by atoms with E-state index in [2.05, 4.69) is 35.1 Å². The fourth-order valence-electron chi connectivity index (χ4n) is 3.46. The molecule has 0 atom stereocenters. The molecule has 0 spiro atoms. The van der Waals surface area contributed by atoms with Crippen molar-refractivity contribution in [2.45, 2.75) is 57.0 Å². The van der Waals surface area contributed by atoms with Gasteiger partial charge in [0.2, 0.25) is 0 Å². The van der Waals surface area contributed by atoms with Gasteiger partial charge < -0.3 is 9.88 Å². The third-order valence-corrected chi connectivity index (χ3v) is 4.87. The third kappa shape index (κ3) is 2.24. The van der Waals surface area contributed by atoms with Crippen molar-refractivity contribution in [1.29, 1.82) is 0 Å². The molecule has 2 fully saturated rings. The lowest BCUT2D eigenvalue weighted by molar-refractivity contribution is 0.639. The van der Waals surface area contributed by atoms with Gasteiger partial charge in [0.05, 0.1) is 11.0 Å². The number of benzene rings is 1. The Hall–Kier alpha value is -1.35. The van der Waals surface area contributed by atoms with Gasteiger partial charge in [-0.3, -0.25) is 0 Å². The maximum absolute atomic E-state index is 4.89. The number of fused-ring (bicyclic) bond motifs is 1. The second-order valence-corrected chi connectivity index (χ2v) is 6.49. The molecular weight excluding hydrogens is 246 g/mol. The molecule has 3 heteroatoms. The quantitative estimate of drug-likeness (QED) is 0.921. The molecule has 2 aliphatic carbocycles. The molecule has 1 heterocycles. The summed E-state index contributed by atoms with van der Waals surface area (Å²) in [5.74, 6) is 1.98. The van der Waals surface area contributed by atoms with Gasteiger partial charge in [-0.2, -0.15) is 0 Å². The summed E-state index contributed by atoms with van der Waals surface area (Å²) in [7, 11) is 2.18. The molecule has 4 rings (SSSR count). The van der Waals surface area contributed by atoms with Crippen LogP contribution in [-0.4, -0.2) is 15.6 Å². The Kier molecular flexibility index (Phi) is 3.03. The van der Waals surface area contributed by atoms with E-state index in [1.54, 1.807) is 0 Å². The number of hydrogen-bond acceptors (Lipinski definition) is 2. The van der Waals surface area contributed by atoms with Crippen molar-refractivity contribution in [1.82, 2.24) is 14.9 Å². The van der Waals surface area contributed by atoms with Gasteiger partial charge in [0.15, 0.2) is 0 Å². The first kappa shape index (κ1) is 12.4. The zero-order valence-corrected chi connectivity index (χ0v) is 12.2. The average molecular weight is 269 g/mol. The van der Waals surface area contributed by atoms with E-state index < -0.39 is 0 Å². The van der Waals surface area contributed by atoms with Crippen molar-refractivity contribution in [2.75, 3.05) is 0 Å². The Balaban J connectivity index is 1.64. The average Bonchev–Trinajstić information content (AvgIpc) is 3.02. The number of nitrogens with zero attached hydrogens (tertiary/aromatic N) is 2. The molecule has 1 aromatic carbocycles. The summed E-state index contributed by atoms with van der Waals surface area (Å²) < 4.78 is 2.33. The SMILES string of the molecule is Cn1c(C2CCCC2)nc2ccc(CNC3CC3)cc21. The van der Waals surface area contributed by atoms with Gasteiger partial charge in [0, 0.05) is 25.6 Å². The molecule has 0 amide bonds. The van der Waals surface area contributed by atoms with Crippen LogP contribution in [0.4, 0.5) is 0 Å². The highest BCUT2D eigenvalue weighted by atomic mass is 15.1. The van der Waals surface area contributed by atoms with E-state index in [9.17, 15) is 0 Å². The minimum atomic E-state index is 0.681. The van der Waals surface area contributed by atoms with Crippen LogP contribution < -0.4 is 5.32 Å². The maximum Gasteiger partial charge on any atom is 0.112 e. The van der Waals surface area contributed by atoms with Crippen molar-refractivity contribution in [3.05, 3.63) is 29.6 Å². The summed E-state index contributed by atoms with van der Waals surface area (Å²) >= 11 is 0. The van der Waals surface area contributed by atoms with Crippen molar-refractivity contribution in [3.8, 4) is 0 Å². The highest BCUT2D eigenvalue weighted by molar-refractivity contribution is 5.77. The van der Waals surface area contributed by atoms with Crippen LogP contribution in [0.3, 0.4) is 0 Å². The number of aryl methyl sites for hydroxylation is 1. The molecular formula is C17H23N3. The van der Waals surface area contributed by atoms with Crippen molar-refractivity contribution < 1.29 is 0 Å². The molecule has 2 aliphatic rings. The van der Waals surface area contributed by atoms with E-state index >= 15 is 0 Å². The summed E-state index contributed by atoms with van der Waals surface area (Å²) in [6.07, 6.45) is 8.05. The van der Waals surface area contributed by atoms with Crippen LogP contribution in [0.2, 0.25) is 0 Å². The van der Waals surface area contributed by atoms with E-state index in [1.165, 1.54) is 55.4 Å². The Bertz CT molecular complexity index is 618. The molecule has 2 aromatic rings. The summed E-state index contributed by atoms with van der Waals surface area (Å²) in [6, 6.07) is 7.50. The van der Waals surface area contributed by atoms with E-state index in [1.807, 2.05) is 0 Å². The molecule has 0 radical (unpaired) electrons. The number of hydrogen-bond donors (Lipinski definition) is 1. The lowest BCUT2D eigenvalue weighted by Gasteiger charge is -2.09. The normalized spacial score (nSPS) is 20.1. The lowest BCUT2D eigenvalue weighted by atomic mass is 10.1. The van der Waals surface area contributed by atoms with Crippen LogP contribution in [-0.2, 0) is 13.6 Å². The maximum atomic E-state index is 4.89. The second-order valence-electron chi connectivity index (χ2n) is 6.49. The van der Waals surface area contributed by atoms with E-state index in [-0.39, 0.29) is 0 Å². The predicted octanol–water partition coefficient (Wildman–Crippen LogP) is 3.48. The van der Waals surface area contributed by atoms with E-state index in [0.29, 0.717) is 5.92 Å². The first-order valence-corrected chi connectivity index (χ1v) is 8.00. The highest BCUT2D eigenvalue weighted by Crippen LogP contribution is 2.34. The van der Waals surface area contributed by atoms with Crippen molar-refractivity contribution in [3.63, 3.8) is 0 Å². The fraction of sp³-hybridized carbons (Fsp3) is 0.588. The standard InChI is InChI=1S/C17H23N3/c1-20-16-10-12(11-18-14-7-8-14)6-9-15(16)19-17(20)13-4-2-3-5-13/h6,9-10,13-14,18H,2-5,7-8,11H2,1H3. The highest BCUT2D eigenvalue weighted by Gasteiger charge is 2.23. The lowest BCUT2D eigenvalue weighted by Crippen LogP contribution is -2.15. The Morgan fingerprint density at radius 1 is 1.20 bits per heavy atom. The van der Waals surface area contributed by atoms with Crippen LogP contribution in [0.25, 0.3) is 11.0 Å². The minimum Gasteiger partial charge on any atom is -0.331 e.